The Bertz CT molecular complexity index is 1070. The maximum absolute atomic E-state index is 12.4. The lowest BCUT2D eigenvalue weighted by Gasteiger charge is -2.16. The van der Waals surface area contributed by atoms with E-state index < -0.39 is 0 Å². The standard InChI is InChI=1S/C26H26N2O3S/c1-28(18-25(29)27-23-10-6-7-11-24(23)32-2)26(30)17-14-20-12-15-22(16-13-20)31-19-21-8-4-3-5-9-21/h3-17H,18-19H2,1-2H3,(H,27,29). The predicted molar refractivity (Wildman–Crippen MR) is 131 cm³/mol. The monoisotopic (exact) mass is 446 g/mol. The number of anilines is 1. The Labute approximate surface area is 193 Å². The summed E-state index contributed by atoms with van der Waals surface area (Å²) in [6, 6.07) is 25.0. The molecular weight excluding hydrogens is 420 g/mol. The summed E-state index contributed by atoms with van der Waals surface area (Å²) in [6.07, 6.45) is 5.14. The largest absolute Gasteiger partial charge is 0.489 e. The summed E-state index contributed by atoms with van der Waals surface area (Å²) in [5.74, 6) is 0.273. The molecular formula is C26H26N2O3S. The number of ether oxygens (including phenoxy) is 1. The quantitative estimate of drug-likeness (QED) is 0.367. The summed E-state index contributed by atoms with van der Waals surface area (Å²) < 4.78 is 5.77. The normalized spacial score (nSPS) is 10.7. The van der Waals surface area contributed by atoms with Crippen LogP contribution >= 0.6 is 11.8 Å². The highest BCUT2D eigenvalue weighted by Gasteiger charge is 2.12. The van der Waals surface area contributed by atoms with E-state index in [2.05, 4.69) is 5.32 Å². The average molecular weight is 447 g/mol. The molecule has 6 heteroatoms. The number of rotatable bonds is 9. The number of benzene rings is 3. The fourth-order valence-corrected chi connectivity index (χ4v) is 3.50. The van der Waals surface area contributed by atoms with Gasteiger partial charge in [0, 0.05) is 18.0 Å². The van der Waals surface area contributed by atoms with Crippen molar-refractivity contribution in [3.63, 3.8) is 0 Å². The first kappa shape index (κ1) is 23.2. The number of likely N-dealkylation sites (N-methyl/N-ethyl adjacent to an activating group) is 1. The molecule has 0 aromatic heterocycles. The fraction of sp³-hybridized carbons (Fsp3) is 0.154. The Balaban J connectivity index is 1.48. The Hall–Kier alpha value is -3.51. The van der Waals surface area contributed by atoms with Crippen LogP contribution in [0.25, 0.3) is 6.08 Å². The maximum atomic E-state index is 12.4. The number of amides is 2. The molecule has 0 atom stereocenters. The Kier molecular flexibility index (Phi) is 8.52. The summed E-state index contributed by atoms with van der Waals surface area (Å²) in [6.45, 7) is 0.473. The highest BCUT2D eigenvalue weighted by atomic mass is 32.2. The van der Waals surface area contributed by atoms with Gasteiger partial charge < -0.3 is 15.0 Å². The summed E-state index contributed by atoms with van der Waals surface area (Å²) in [7, 11) is 1.60. The van der Waals surface area contributed by atoms with Crippen molar-refractivity contribution in [2.75, 3.05) is 25.2 Å². The third kappa shape index (κ3) is 7.03. The minimum atomic E-state index is -0.247. The van der Waals surface area contributed by atoms with Gasteiger partial charge in [0.1, 0.15) is 12.4 Å². The predicted octanol–water partition coefficient (Wildman–Crippen LogP) is 5.10. The third-order valence-electron chi connectivity index (χ3n) is 4.68. The van der Waals surface area contributed by atoms with Crippen LogP contribution in [0.5, 0.6) is 5.75 Å². The molecule has 0 unspecified atom stereocenters. The molecule has 0 bridgehead atoms. The third-order valence-corrected chi connectivity index (χ3v) is 5.48. The zero-order valence-corrected chi connectivity index (χ0v) is 19.0. The number of hydrogen-bond acceptors (Lipinski definition) is 4. The molecule has 0 heterocycles. The molecule has 0 spiro atoms. The number of para-hydroxylation sites is 1. The molecule has 0 fully saturated rings. The van der Waals surface area contributed by atoms with Gasteiger partial charge in [0.15, 0.2) is 0 Å². The van der Waals surface area contributed by atoms with Crippen molar-refractivity contribution in [3.05, 3.63) is 96.1 Å². The van der Waals surface area contributed by atoms with Crippen LogP contribution in [0.4, 0.5) is 5.69 Å². The van der Waals surface area contributed by atoms with Crippen LogP contribution in [0, 0.1) is 0 Å². The van der Waals surface area contributed by atoms with E-state index in [0.717, 1.165) is 27.5 Å². The van der Waals surface area contributed by atoms with Gasteiger partial charge in [-0.2, -0.15) is 0 Å². The van der Waals surface area contributed by atoms with Gasteiger partial charge in [0.2, 0.25) is 11.8 Å². The van der Waals surface area contributed by atoms with E-state index in [0.29, 0.717) is 6.61 Å². The molecule has 0 saturated heterocycles. The van der Waals surface area contributed by atoms with Gasteiger partial charge in [0.05, 0.1) is 12.2 Å². The van der Waals surface area contributed by atoms with Gasteiger partial charge >= 0.3 is 0 Å². The molecule has 32 heavy (non-hydrogen) atoms. The Morgan fingerprint density at radius 3 is 2.38 bits per heavy atom. The van der Waals surface area contributed by atoms with Crippen molar-refractivity contribution < 1.29 is 14.3 Å². The topological polar surface area (TPSA) is 58.6 Å². The van der Waals surface area contributed by atoms with E-state index in [1.165, 1.54) is 11.0 Å². The van der Waals surface area contributed by atoms with Crippen LogP contribution < -0.4 is 10.1 Å². The van der Waals surface area contributed by atoms with Crippen molar-refractivity contribution in [1.29, 1.82) is 0 Å². The summed E-state index contributed by atoms with van der Waals surface area (Å²) >= 11 is 1.56. The van der Waals surface area contributed by atoms with E-state index in [1.807, 2.05) is 85.1 Å². The first-order chi connectivity index (χ1) is 15.5. The van der Waals surface area contributed by atoms with Gasteiger partial charge in [-0.15, -0.1) is 11.8 Å². The van der Waals surface area contributed by atoms with Crippen molar-refractivity contribution in [3.8, 4) is 5.75 Å². The molecule has 3 rings (SSSR count). The first-order valence-electron chi connectivity index (χ1n) is 10.2. The number of carbonyl (C=O) groups is 2. The second kappa shape index (κ2) is 11.8. The second-order valence-electron chi connectivity index (χ2n) is 7.12. The molecule has 0 aliphatic heterocycles. The number of hydrogen-bond donors (Lipinski definition) is 1. The zero-order chi connectivity index (χ0) is 22.8. The lowest BCUT2D eigenvalue weighted by atomic mass is 10.2. The molecule has 0 radical (unpaired) electrons. The van der Waals surface area contributed by atoms with Crippen LogP contribution in [0.2, 0.25) is 0 Å². The van der Waals surface area contributed by atoms with E-state index in [-0.39, 0.29) is 18.4 Å². The van der Waals surface area contributed by atoms with Crippen molar-refractivity contribution in [2.45, 2.75) is 11.5 Å². The first-order valence-corrected chi connectivity index (χ1v) is 11.4. The van der Waals surface area contributed by atoms with Gasteiger partial charge in [-0.25, -0.2) is 0 Å². The lowest BCUT2D eigenvalue weighted by Crippen LogP contribution is -2.33. The second-order valence-corrected chi connectivity index (χ2v) is 7.97. The fourth-order valence-electron chi connectivity index (χ4n) is 2.94. The molecule has 164 valence electrons. The highest BCUT2D eigenvalue weighted by molar-refractivity contribution is 7.98. The average Bonchev–Trinajstić information content (AvgIpc) is 2.82. The van der Waals surface area contributed by atoms with E-state index in [9.17, 15) is 9.59 Å². The van der Waals surface area contributed by atoms with Crippen LogP contribution in [0.1, 0.15) is 11.1 Å². The minimum Gasteiger partial charge on any atom is -0.489 e. The summed E-state index contributed by atoms with van der Waals surface area (Å²) in [4.78, 5) is 27.1. The van der Waals surface area contributed by atoms with Crippen molar-refractivity contribution >= 4 is 35.3 Å². The van der Waals surface area contributed by atoms with Crippen LogP contribution in [0.15, 0.2) is 89.8 Å². The maximum Gasteiger partial charge on any atom is 0.246 e. The number of nitrogens with one attached hydrogen (secondary N) is 1. The minimum absolute atomic E-state index is 0.0296. The highest BCUT2D eigenvalue weighted by Crippen LogP contribution is 2.24. The van der Waals surface area contributed by atoms with Gasteiger partial charge in [-0.1, -0.05) is 54.6 Å². The Morgan fingerprint density at radius 2 is 1.66 bits per heavy atom. The number of nitrogens with zero attached hydrogens (tertiary/aromatic N) is 1. The molecule has 3 aromatic rings. The molecule has 0 aliphatic carbocycles. The summed E-state index contributed by atoms with van der Waals surface area (Å²) in [5, 5.41) is 2.86. The lowest BCUT2D eigenvalue weighted by molar-refractivity contribution is -0.129. The van der Waals surface area contributed by atoms with E-state index in [4.69, 9.17) is 4.74 Å². The number of thioether (sulfide) groups is 1. The van der Waals surface area contributed by atoms with Crippen LogP contribution in [-0.2, 0) is 16.2 Å². The molecule has 2 amide bonds. The van der Waals surface area contributed by atoms with Crippen LogP contribution in [0.3, 0.4) is 0 Å². The van der Waals surface area contributed by atoms with Gasteiger partial charge in [-0.05, 0) is 47.7 Å². The van der Waals surface area contributed by atoms with E-state index >= 15 is 0 Å². The molecule has 1 N–H and O–H groups in total. The van der Waals surface area contributed by atoms with Gasteiger partial charge in [0.25, 0.3) is 0 Å². The SMILES string of the molecule is CSc1ccccc1NC(=O)CN(C)C(=O)C=Cc1ccc(OCc2ccccc2)cc1. The van der Waals surface area contributed by atoms with Crippen molar-refractivity contribution in [1.82, 2.24) is 4.90 Å². The van der Waals surface area contributed by atoms with Gasteiger partial charge in [-0.3, -0.25) is 9.59 Å². The smallest absolute Gasteiger partial charge is 0.246 e. The molecule has 3 aromatic carbocycles. The number of carbonyl (C=O) groups excluding carboxylic acids is 2. The summed E-state index contributed by atoms with van der Waals surface area (Å²) in [5.41, 5.74) is 2.72. The Morgan fingerprint density at radius 1 is 0.969 bits per heavy atom. The molecule has 0 aliphatic rings. The van der Waals surface area contributed by atoms with Crippen molar-refractivity contribution in [2.24, 2.45) is 0 Å². The van der Waals surface area contributed by atoms with Crippen LogP contribution in [-0.4, -0.2) is 36.6 Å². The molecule has 0 saturated carbocycles. The molecule has 5 nitrogen and oxygen atoms in total. The van der Waals surface area contributed by atoms with E-state index in [1.54, 1.807) is 24.9 Å². The zero-order valence-electron chi connectivity index (χ0n) is 18.2.